The first kappa shape index (κ1) is 13.3. The molecule has 0 spiro atoms. The van der Waals surface area contributed by atoms with Crippen LogP contribution >= 0.6 is 15.9 Å². The van der Waals surface area contributed by atoms with Crippen molar-refractivity contribution in [3.63, 3.8) is 0 Å². The van der Waals surface area contributed by atoms with Gasteiger partial charge in [-0.1, -0.05) is 40.2 Å². The van der Waals surface area contributed by atoms with Crippen LogP contribution in [-0.4, -0.2) is 19.0 Å². The van der Waals surface area contributed by atoms with Gasteiger partial charge in [-0.2, -0.15) is 0 Å². The van der Waals surface area contributed by atoms with Crippen LogP contribution in [0.5, 0.6) is 0 Å². The number of anilines is 1. The minimum absolute atomic E-state index is 0. The fourth-order valence-electron chi connectivity index (χ4n) is 2.05. The van der Waals surface area contributed by atoms with E-state index in [0.717, 1.165) is 29.2 Å². The van der Waals surface area contributed by atoms with Crippen LogP contribution in [-0.2, 0) is 0 Å². The fraction of sp³-hybridized carbons (Fsp3) is 0.154. The fourth-order valence-corrected chi connectivity index (χ4v) is 2.53. The molecule has 1 aliphatic rings. The van der Waals surface area contributed by atoms with E-state index in [4.69, 9.17) is 0 Å². The van der Waals surface area contributed by atoms with E-state index >= 15 is 0 Å². The van der Waals surface area contributed by atoms with E-state index in [9.17, 15) is 0 Å². The number of hydrogen-bond acceptors (Lipinski definition) is 2. The van der Waals surface area contributed by atoms with Crippen LogP contribution in [0.2, 0.25) is 0 Å². The number of benzene rings is 2. The molecule has 0 aromatic heterocycles. The maximum atomic E-state index is 4.40. The summed E-state index contributed by atoms with van der Waals surface area (Å²) in [6.45, 7) is 1.94. The quantitative estimate of drug-likeness (QED) is 0.690. The Morgan fingerprint density at radius 1 is 1.11 bits per heavy atom. The minimum Gasteiger partial charge on any atom is -1.00 e. The molecule has 0 saturated heterocycles. The molecule has 0 aliphatic carbocycles. The third kappa shape index (κ3) is 2.51. The van der Waals surface area contributed by atoms with E-state index in [0.29, 0.717) is 0 Å². The molecule has 0 bridgehead atoms. The zero-order chi connectivity index (χ0) is 11.7. The predicted molar refractivity (Wildman–Crippen MR) is 74.4 cm³/mol. The molecule has 0 saturated carbocycles. The Kier molecular flexibility index (Phi) is 4.22. The van der Waals surface area contributed by atoms with Gasteiger partial charge in [0.15, 0.2) is 0 Å². The number of nitrogens with zero attached hydrogens (tertiary/aromatic N) is 1. The maximum absolute atomic E-state index is 4.40. The Bertz CT molecular complexity index is 598. The number of nitrogens with two attached hydrogens (primary N) is 1. The highest BCUT2D eigenvalue weighted by molar-refractivity contribution is 9.10. The molecule has 0 radical (unpaired) electrons. The van der Waals surface area contributed by atoms with E-state index in [1.165, 1.54) is 10.8 Å². The first-order chi connectivity index (χ1) is 8.34. The highest BCUT2D eigenvalue weighted by Crippen LogP contribution is 2.29. The van der Waals surface area contributed by atoms with Gasteiger partial charge in [0, 0.05) is 9.86 Å². The predicted octanol–water partition coefficient (Wildman–Crippen LogP) is -1.05. The summed E-state index contributed by atoms with van der Waals surface area (Å²) in [6, 6.07) is 12.5. The van der Waals surface area contributed by atoms with Crippen molar-refractivity contribution in [3.8, 4) is 0 Å². The van der Waals surface area contributed by atoms with Gasteiger partial charge in [0.05, 0.1) is 12.2 Å². The molecule has 1 heterocycles. The number of quaternary nitrogens is 1. The zero-order valence-corrected chi connectivity index (χ0v) is 12.0. The Hall–Kier alpha value is -1.10. The normalized spacial score (nSPS) is 14.2. The molecule has 3 N–H and O–H groups in total. The minimum atomic E-state index is 0. The lowest BCUT2D eigenvalue weighted by atomic mass is 10.1. The first-order valence-electron chi connectivity index (χ1n) is 5.66. The van der Waals surface area contributed by atoms with Gasteiger partial charge in [0.1, 0.15) is 6.54 Å². The van der Waals surface area contributed by atoms with Crippen LogP contribution in [0.3, 0.4) is 0 Å². The van der Waals surface area contributed by atoms with Crippen molar-refractivity contribution < 1.29 is 17.7 Å². The molecule has 2 aromatic carbocycles. The topological polar surface area (TPSA) is 41.0 Å². The van der Waals surface area contributed by atoms with E-state index in [1.54, 1.807) is 0 Å². The summed E-state index contributed by atoms with van der Waals surface area (Å²) in [5.74, 6) is 0.984. The summed E-state index contributed by atoms with van der Waals surface area (Å²) in [6.07, 6.45) is 0. The number of fused-ring (bicyclic) bond motifs is 1. The van der Waals surface area contributed by atoms with Gasteiger partial charge in [0.2, 0.25) is 0 Å². The molecular weight excluding hydrogens is 314 g/mol. The standard InChI is InChI=1S/C13H12BrN3.ClH/c14-11-5-6-12(17-13-15-7-8-16-13)10-4-2-1-3-9(10)11;/h1-6H,7-8H2,(H2,15,16,17);1H. The van der Waals surface area contributed by atoms with Gasteiger partial charge in [-0.05, 0) is 17.5 Å². The van der Waals surface area contributed by atoms with Gasteiger partial charge >= 0.3 is 0 Å². The average Bonchev–Trinajstić information content (AvgIpc) is 2.86. The lowest BCUT2D eigenvalue weighted by molar-refractivity contribution is -0.527. The summed E-state index contributed by atoms with van der Waals surface area (Å²) in [4.78, 5) is 4.40. The molecule has 0 unspecified atom stereocenters. The highest BCUT2D eigenvalue weighted by Gasteiger charge is 2.12. The summed E-state index contributed by atoms with van der Waals surface area (Å²) in [5, 5.41) is 7.95. The number of guanidine groups is 1. The average molecular weight is 327 g/mol. The molecule has 94 valence electrons. The number of aliphatic imine (C=N–C) groups is 1. The lowest BCUT2D eigenvalue weighted by Gasteiger charge is -2.08. The third-order valence-corrected chi connectivity index (χ3v) is 3.57. The second-order valence-corrected chi connectivity index (χ2v) is 4.88. The van der Waals surface area contributed by atoms with Crippen molar-refractivity contribution >= 4 is 38.3 Å². The molecule has 5 heteroatoms. The Morgan fingerprint density at radius 2 is 1.89 bits per heavy atom. The molecule has 1 aliphatic heterocycles. The summed E-state index contributed by atoms with van der Waals surface area (Å²) in [7, 11) is 0. The zero-order valence-electron chi connectivity index (χ0n) is 9.66. The highest BCUT2D eigenvalue weighted by atomic mass is 79.9. The Balaban J connectivity index is 0.00000120. The van der Waals surface area contributed by atoms with Gasteiger partial charge < -0.3 is 12.4 Å². The van der Waals surface area contributed by atoms with Crippen molar-refractivity contribution in [2.24, 2.45) is 4.99 Å². The summed E-state index contributed by atoms with van der Waals surface area (Å²) in [5.41, 5.74) is 1.11. The maximum Gasteiger partial charge on any atom is 0.299 e. The van der Waals surface area contributed by atoms with Crippen LogP contribution in [0, 0.1) is 0 Å². The number of halogens is 2. The lowest BCUT2D eigenvalue weighted by Crippen LogP contribution is -3.00. The van der Waals surface area contributed by atoms with Crippen molar-refractivity contribution in [1.82, 2.24) is 0 Å². The molecule has 0 amide bonds. The molecule has 18 heavy (non-hydrogen) atoms. The van der Waals surface area contributed by atoms with Gasteiger partial charge in [0.25, 0.3) is 5.96 Å². The van der Waals surface area contributed by atoms with Crippen molar-refractivity contribution in [3.05, 3.63) is 40.9 Å². The second kappa shape index (κ2) is 5.69. The van der Waals surface area contributed by atoms with Crippen molar-refractivity contribution in [1.29, 1.82) is 0 Å². The Labute approximate surface area is 120 Å². The van der Waals surface area contributed by atoms with Gasteiger partial charge in [-0.15, -0.1) is 0 Å². The molecule has 0 atom stereocenters. The van der Waals surface area contributed by atoms with E-state index in [1.807, 2.05) is 0 Å². The van der Waals surface area contributed by atoms with Crippen LogP contribution in [0.25, 0.3) is 10.8 Å². The number of rotatable bonds is 1. The van der Waals surface area contributed by atoms with E-state index < -0.39 is 0 Å². The van der Waals surface area contributed by atoms with Crippen LogP contribution in [0.1, 0.15) is 0 Å². The molecular formula is C13H13BrClN3. The van der Waals surface area contributed by atoms with E-state index in [-0.39, 0.29) is 12.4 Å². The molecule has 2 aromatic rings. The van der Waals surface area contributed by atoms with Crippen LogP contribution in [0.15, 0.2) is 45.9 Å². The van der Waals surface area contributed by atoms with E-state index in [2.05, 4.69) is 68.0 Å². The monoisotopic (exact) mass is 325 g/mol. The third-order valence-electron chi connectivity index (χ3n) is 2.88. The molecule has 3 rings (SSSR count). The molecule has 0 fully saturated rings. The first-order valence-corrected chi connectivity index (χ1v) is 6.46. The smallest absolute Gasteiger partial charge is 0.299 e. The van der Waals surface area contributed by atoms with Crippen LogP contribution < -0.4 is 23.0 Å². The Morgan fingerprint density at radius 3 is 2.61 bits per heavy atom. The second-order valence-electron chi connectivity index (χ2n) is 4.03. The van der Waals surface area contributed by atoms with Crippen LogP contribution in [0.4, 0.5) is 5.69 Å². The van der Waals surface area contributed by atoms with Gasteiger partial charge in [-0.3, -0.25) is 10.6 Å². The molecule has 3 nitrogen and oxygen atoms in total. The van der Waals surface area contributed by atoms with Gasteiger partial charge in [-0.25, -0.2) is 4.99 Å². The summed E-state index contributed by atoms with van der Waals surface area (Å²) >= 11 is 3.58. The SMILES string of the molecule is Brc1ccc(NC2=NCC[NH2+]2)c2ccccc12.[Cl-]. The summed E-state index contributed by atoms with van der Waals surface area (Å²) < 4.78 is 1.12. The van der Waals surface area contributed by atoms with Crippen molar-refractivity contribution in [2.75, 3.05) is 18.4 Å². The largest absolute Gasteiger partial charge is 1.00 e. The van der Waals surface area contributed by atoms with Crippen molar-refractivity contribution in [2.45, 2.75) is 0 Å². The number of nitrogens with one attached hydrogen (secondary N) is 1. The number of hydrogen-bond donors (Lipinski definition) is 2.